The Hall–Kier alpha value is -1.95. The van der Waals surface area contributed by atoms with Crippen LogP contribution in [0.15, 0.2) is 24.3 Å². The van der Waals surface area contributed by atoms with Crippen LogP contribution in [0.1, 0.15) is 37.8 Å². The monoisotopic (exact) mass is 308 g/mol. The van der Waals surface area contributed by atoms with Crippen molar-refractivity contribution in [2.24, 2.45) is 0 Å². The van der Waals surface area contributed by atoms with Crippen LogP contribution in [0.2, 0.25) is 0 Å². The van der Waals surface area contributed by atoms with Crippen LogP contribution in [0.3, 0.4) is 0 Å². The van der Waals surface area contributed by atoms with Crippen molar-refractivity contribution in [2.45, 2.75) is 38.3 Å². The molecule has 6 heteroatoms. The van der Waals surface area contributed by atoms with Crippen molar-refractivity contribution < 1.29 is 19.1 Å². The molecule has 1 aliphatic carbocycles. The maximum absolute atomic E-state index is 13.1. The lowest BCUT2D eigenvalue weighted by molar-refractivity contribution is -0.140. The van der Waals surface area contributed by atoms with Gasteiger partial charge in [-0.05, 0) is 43.5 Å². The molecule has 1 aromatic rings. The summed E-state index contributed by atoms with van der Waals surface area (Å²) in [4.78, 5) is 25.3. The Morgan fingerprint density at radius 1 is 1.36 bits per heavy atom. The number of benzene rings is 1. The SMILES string of the molecule is CCCN(CC(=O)O)C(C(=O)NC1CC1)c1ccc(F)cc1. The number of carboxylic acids is 1. The molecule has 0 saturated heterocycles. The molecule has 0 radical (unpaired) electrons. The van der Waals surface area contributed by atoms with Gasteiger partial charge in [0, 0.05) is 6.04 Å². The second-order valence-corrected chi connectivity index (χ2v) is 5.60. The van der Waals surface area contributed by atoms with E-state index < -0.39 is 12.0 Å². The highest BCUT2D eigenvalue weighted by molar-refractivity contribution is 5.84. The fraction of sp³-hybridized carbons (Fsp3) is 0.500. The Morgan fingerprint density at radius 3 is 2.50 bits per heavy atom. The molecule has 1 aromatic carbocycles. The molecule has 2 rings (SSSR count). The Balaban J connectivity index is 2.26. The number of halogens is 1. The van der Waals surface area contributed by atoms with Gasteiger partial charge in [-0.25, -0.2) is 4.39 Å². The number of carboxylic acid groups (broad SMARTS) is 1. The molecule has 1 fully saturated rings. The average molecular weight is 308 g/mol. The van der Waals surface area contributed by atoms with Crippen LogP contribution in [-0.4, -0.2) is 41.0 Å². The highest BCUT2D eigenvalue weighted by Crippen LogP contribution is 2.25. The number of nitrogens with one attached hydrogen (secondary N) is 1. The number of hydrogen-bond acceptors (Lipinski definition) is 3. The zero-order valence-electron chi connectivity index (χ0n) is 12.6. The number of amides is 1. The zero-order valence-corrected chi connectivity index (χ0v) is 12.6. The Morgan fingerprint density at radius 2 is 2.00 bits per heavy atom. The summed E-state index contributed by atoms with van der Waals surface area (Å²) in [6, 6.07) is 5.13. The predicted molar refractivity (Wildman–Crippen MR) is 79.8 cm³/mol. The lowest BCUT2D eigenvalue weighted by Gasteiger charge is -2.29. The molecule has 22 heavy (non-hydrogen) atoms. The molecule has 1 atom stereocenters. The van der Waals surface area contributed by atoms with Crippen LogP contribution in [0.5, 0.6) is 0 Å². The fourth-order valence-electron chi connectivity index (χ4n) is 2.44. The van der Waals surface area contributed by atoms with E-state index in [1.807, 2.05) is 6.92 Å². The summed E-state index contributed by atoms with van der Waals surface area (Å²) in [6.45, 7) is 2.18. The minimum absolute atomic E-state index is 0.184. The third kappa shape index (κ3) is 4.53. The average Bonchev–Trinajstić information content (AvgIpc) is 3.24. The van der Waals surface area contributed by atoms with E-state index in [-0.39, 0.29) is 24.3 Å². The summed E-state index contributed by atoms with van der Waals surface area (Å²) >= 11 is 0. The molecule has 0 aliphatic heterocycles. The van der Waals surface area contributed by atoms with Gasteiger partial charge in [0.05, 0.1) is 6.54 Å². The first kappa shape index (κ1) is 16.4. The summed E-state index contributed by atoms with van der Waals surface area (Å²) in [5.41, 5.74) is 0.606. The minimum Gasteiger partial charge on any atom is -0.480 e. The van der Waals surface area contributed by atoms with Gasteiger partial charge in [0.25, 0.3) is 0 Å². The number of carbonyl (C=O) groups excluding carboxylic acids is 1. The largest absolute Gasteiger partial charge is 0.480 e. The van der Waals surface area contributed by atoms with Gasteiger partial charge in [-0.3, -0.25) is 14.5 Å². The molecular formula is C16H21FN2O3. The van der Waals surface area contributed by atoms with Crippen molar-refractivity contribution in [3.63, 3.8) is 0 Å². The first-order chi connectivity index (χ1) is 10.5. The van der Waals surface area contributed by atoms with E-state index in [9.17, 15) is 14.0 Å². The quantitative estimate of drug-likeness (QED) is 0.770. The van der Waals surface area contributed by atoms with E-state index in [2.05, 4.69) is 5.32 Å². The molecule has 0 spiro atoms. The van der Waals surface area contributed by atoms with Crippen LogP contribution in [0, 0.1) is 5.82 Å². The third-order valence-electron chi connectivity index (χ3n) is 3.57. The Kier molecular flexibility index (Phi) is 5.49. The lowest BCUT2D eigenvalue weighted by atomic mass is 10.0. The fourth-order valence-corrected chi connectivity index (χ4v) is 2.44. The van der Waals surface area contributed by atoms with Gasteiger partial charge in [0.2, 0.25) is 5.91 Å². The number of carbonyl (C=O) groups is 2. The van der Waals surface area contributed by atoms with Crippen molar-refractivity contribution in [3.8, 4) is 0 Å². The van der Waals surface area contributed by atoms with Crippen molar-refractivity contribution in [2.75, 3.05) is 13.1 Å². The molecule has 5 nitrogen and oxygen atoms in total. The maximum atomic E-state index is 13.1. The molecule has 1 saturated carbocycles. The highest BCUT2D eigenvalue weighted by atomic mass is 19.1. The van der Waals surface area contributed by atoms with Crippen LogP contribution in [0.25, 0.3) is 0 Å². The van der Waals surface area contributed by atoms with Crippen LogP contribution in [0.4, 0.5) is 4.39 Å². The Labute approximate surface area is 129 Å². The first-order valence-electron chi connectivity index (χ1n) is 7.53. The van der Waals surface area contributed by atoms with E-state index in [1.165, 1.54) is 24.3 Å². The van der Waals surface area contributed by atoms with Crippen molar-refractivity contribution >= 4 is 11.9 Å². The van der Waals surface area contributed by atoms with Gasteiger partial charge in [-0.15, -0.1) is 0 Å². The second-order valence-electron chi connectivity index (χ2n) is 5.60. The van der Waals surface area contributed by atoms with Gasteiger partial charge in [0.15, 0.2) is 0 Å². The standard InChI is InChI=1S/C16H21FN2O3/c1-2-9-19(10-14(20)21)15(16(22)18-13-7-8-13)11-3-5-12(17)6-4-11/h3-6,13,15H,2,7-10H2,1H3,(H,18,22)(H,20,21). The van der Waals surface area contributed by atoms with E-state index in [0.29, 0.717) is 12.1 Å². The van der Waals surface area contributed by atoms with Crippen LogP contribution >= 0.6 is 0 Å². The summed E-state index contributed by atoms with van der Waals surface area (Å²) in [7, 11) is 0. The van der Waals surface area contributed by atoms with Crippen LogP contribution in [-0.2, 0) is 9.59 Å². The summed E-state index contributed by atoms with van der Waals surface area (Å²) < 4.78 is 13.1. The molecule has 0 bridgehead atoms. The molecule has 1 unspecified atom stereocenters. The number of rotatable bonds is 8. The molecular weight excluding hydrogens is 287 g/mol. The lowest BCUT2D eigenvalue weighted by Crippen LogP contribution is -2.43. The molecule has 1 amide bonds. The molecule has 0 heterocycles. The number of aliphatic carboxylic acids is 1. The van der Waals surface area contributed by atoms with E-state index in [4.69, 9.17) is 5.11 Å². The maximum Gasteiger partial charge on any atom is 0.317 e. The molecule has 2 N–H and O–H groups in total. The topological polar surface area (TPSA) is 69.6 Å². The van der Waals surface area contributed by atoms with Gasteiger partial charge < -0.3 is 10.4 Å². The van der Waals surface area contributed by atoms with Gasteiger partial charge in [-0.2, -0.15) is 0 Å². The third-order valence-corrected chi connectivity index (χ3v) is 3.57. The van der Waals surface area contributed by atoms with Crippen molar-refractivity contribution in [3.05, 3.63) is 35.6 Å². The predicted octanol–water partition coefficient (Wildman–Crippen LogP) is 1.94. The summed E-state index contributed by atoms with van der Waals surface area (Å²) in [6.07, 6.45) is 2.63. The number of hydrogen-bond donors (Lipinski definition) is 2. The normalized spacial score (nSPS) is 15.6. The smallest absolute Gasteiger partial charge is 0.317 e. The van der Waals surface area contributed by atoms with Gasteiger partial charge >= 0.3 is 5.97 Å². The number of nitrogens with zero attached hydrogens (tertiary/aromatic N) is 1. The minimum atomic E-state index is -0.986. The summed E-state index contributed by atoms with van der Waals surface area (Å²) in [5, 5.41) is 12.0. The molecule has 1 aliphatic rings. The van der Waals surface area contributed by atoms with E-state index in [1.54, 1.807) is 4.90 Å². The molecule has 120 valence electrons. The van der Waals surface area contributed by atoms with Gasteiger partial charge in [-0.1, -0.05) is 19.1 Å². The Bertz CT molecular complexity index is 529. The van der Waals surface area contributed by atoms with Crippen LogP contribution < -0.4 is 5.32 Å². The first-order valence-corrected chi connectivity index (χ1v) is 7.53. The zero-order chi connectivity index (χ0) is 16.1. The highest BCUT2D eigenvalue weighted by Gasteiger charge is 2.32. The second kappa shape index (κ2) is 7.35. The van der Waals surface area contributed by atoms with Crippen molar-refractivity contribution in [1.29, 1.82) is 0 Å². The molecule has 0 aromatic heterocycles. The summed E-state index contributed by atoms with van der Waals surface area (Å²) in [5.74, 6) is -1.59. The van der Waals surface area contributed by atoms with Gasteiger partial charge in [0.1, 0.15) is 11.9 Å². The van der Waals surface area contributed by atoms with E-state index in [0.717, 1.165) is 19.3 Å². The van der Waals surface area contributed by atoms with Crippen molar-refractivity contribution in [1.82, 2.24) is 10.2 Å². The van der Waals surface area contributed by atoms with E-state index >= 15 is 0 Å².